The maximum atomic E-state index is 12.7. The summed E-state index contributed by atoms with van der Waals surface area (Å²) in [5.74, 6) is -0.697. The molecule has 132 valence electrons. The van der Waals surface area contributed by atoms with E-state index < -0.39 is 12.0 Å². The fourth-order valence-corrected chi connectivity index (χ4v) is 3.65. The van der Waals surface area contributed by atoms with Crippen molar-refractivity contribution in [1.82, 2.24) is 4.90 Å². The first kappa shape index (κ1) is 19.3. The van der Waals surface area contributed by atoms with Crippen LogP contribution in [0.1, 0.15) is 18.9 Å². The second kappa shape index (κ2) is 8.39. The van der Waals surface area contributed by atoms with Crippen LogP contribution in [0.3, 0.4) is 0 Å². The van der Waals surface area contributed by atoms with Crippen LogP contribution in [-0.2, 0) is 25.5 Å². The van der Waals surface area contributed by atoms with Gasteiger partial charge in [0.1, 0.15) is 6.04 Å². The maximum Gasteiger partial charge on any atom is 0.328 e. The molecule has 1 aliphatic heterocycles. The summed E-state index contributed by atoms with van der Waals surface area (Å²) in [4.78, 5) is 26.3. The molecule has 24 heavy (non-hydrogen) atoms. The molecule has 0 N–H and O–H groups in total. The number of hydrogen-bond donors (Lipinski definition) is 0. The van der Waals surface area contributed by atoms with E-state index >= 15 is 0 Å². The fraction of sp³-hybridized carbons (Fsp3) is 0.500. The molecule has 1 saturated heterocycles. The van der Waals surface area contributed by atoms with E-state index in [-0.39, 0.29) is 25.0 Å². The summed E-state index contributed by atoms with van der Waals surface area (Å²) in [7, 11) is 1.55. The lowest BCUT2D eigenvalue weighted by Gasteiger charge is -2.23. The Morgan fingerprint density at radius 3 is 2.42 bits per heavy atom. The van der Waals surface area contributed by atoms with Gasteiger partial charge in [0.25, 0.3) is 0 Å². The van der Waals surface area contributed by atoms with Crippen molar-refractivity contribution in [3.63, 3.8) is 0 Å². The molecule has 8 heteroatoms. The van der Waals surface area contributed by atoms with E-state index in [0.717, 1.165) is 0 Å². The third-order valence-corrected chi connectivity index (χ3v) is 4.80. The number of benzene rings is 1. The predicted octanol–water partition coefficient (Wildman–Crippen LogP) is 3.37. The number of amides is 1. The largest absolute Gasteiger partial charge is 0.464 e. The number of rotatable bonds is 5. The van der Waals surface area contributed by atoms with Crippen molar-refractivity contribution >= 4 is 46.7 Å². The van der Waals surface area contributed by atoms with Crippen molar-refractivity contribution < 1.29 is 19.1 Å². The van der Waals surface area contributed by atoms with Crippen LogP contribution in [0.4, 0.5) is 0 Å². The molecule has 2 rings (SSSR count). The lowest BCUT2D eigenvalue weighted by molar-refractivity contribution is -0.152. The molecule has 1 fully saturated rings. The Bertz CT molecular complexity index is 615. The van der Waals surface area contributed by atoms with Crippen LogP contribution in [0.5, 0.6) is 0 Å². The summed E-state index contributed by atoms with van der Waals surface area (Å²) >= 11 is 18.1. The molecule has 0 spiro atoms. The molecule has 0 aliphatic carbocycles. The van der Waals surface area contributed by atoms with Gasteiger partial charge < -0.3 is 14.4 Å². The van der Waals surface area contributed by atoms with Gasteiger partial charge in [-0.2, -0.15) is 0 Å². The fourth-order valence-electron chi connectivity index (χ4n) is 2.70. The number of carbonyl (C=O) groups excluding carboxylic acids is 2. The Morgan fingerprint density at radius 2 is 1.88 bits per heavy atom. The molecule has 5 nitrogen and oxygen atoms in total. The topological polar surface area (TPSA) is 55.8 Å². The van der Waals surface area contributed by atoms with Gasteiger partial charge in [0.2, 0.25) is 5.91 Å². The van der Waals surface area contributed by atoms with Crippen LogP contribution >= 0.6 is 34.8 Å². The monoisotopic (exact) mass is 393 g/mol. The quantitative estimate of drug-likeness (QED) is 0.719. The summed E-state index contributed by atoms with van der Waals surface area (Å²) in [6.45, 7) is 2.30. The van der Waals surface area contributed by atoms with Crippen molar-refractivity contribution in [2.24, 2.45) is 0 Å². The van der Waals surface area contributed by atoms with Gasteiger partial charge in [0.05, 0.1) is 19.1 Å². The van der Waals surface area contributed by atoms with Crippen molar-refractivity contribution in [1.29, 1.82) is 0 Å². The van der Waals surface area contributed by atoms with Gasteiger partial charge in [0, 0.05) is 35.1 Å². The highest BCUT2D eigenvalue weighted by molar-refractivity contribution is 6.39. The Balaban J connectivity index is 2.19. The Kier molecular flexibility index (Phi) is 6.75. The minimum absolute atomic E-state index is 0.0266. The first-order valence-electron chi connectivity index (χ1n) is 7.49. The zero-order chi connectivity index (χ0) is 17.9. The molecular formula is C16H18Cl3NO4. The lowest BCUT2D eigenvalue weighted by Crippen LogP contribution is -2.42. The van der Waals surface area contributed by atoms with E-state index in [1.807, 2.05) is 0 Å². The van der Waals surface area contributed by atoms with Gasteiger partial charge in [-0.25, -0.2) is 4.79 Å². The maximum absolute atomic E-state index is 12.7. The minimum Gasteiger partial charge on any atom is -0.464 e. The normalized spacial score (nSPS) is 20.3. The van der Waals surface area contributed by atoms with Crippen molar-refractivity contribution in [3.8, 4) is 0 Å². The minimum atomic E-state index is -0.660. The SMILES string of the molecule is CCOC(=O)C1CC(OC)CN1C(=O)Cc1c(Cl)cc(Cl)cc1Cl. The van der Waals surface area contributed by atoms with Crippen molar-refractivity contribution in [3.05, 3.63) is 32.8 Å². The number of nitrogens with zero attached hydrogens (tertiary/aromatic N) is 1. The summed E-state index contributed by atoms with van der Waals surface area (Å²) < 4.78 is 10.3. The molecule has 1 amide bonds. The number of esters is 1. The highest BCUT2D eigenvalue weighted by Crippen LogP contribution is 2.31. The number of likely N-dealkylation sites (tertiary alicyclic amines) is 1. The molecule has 1 aromatic carbocycles. The number of halogens is 3. The third kappa shape index (κ3) is 4.33. The van der Waals surface area contributed by atoms with Gasteiger partial charge in [-0.1, -0.05) is 34.8 Å². The van der Waals surface area contributed by atoms with Gasteiger partial charge in [-0.05, 0) is 24.6 Å². The van der Waals surface area contributed by atoms with E-state index in [9.17, 15) is 9.59 Å². The standard InChI is InChI=1S/C16H18Cl3NO4/c1-3-24-16(22)14-6-10(23-2)8-20(14)15(21)7-11-12(18)4-9(17)5-13(11)19/h4-5,10,14H,3,6-8H2,1-2H3. The van der Waals surface area contributed by atoms with E-state index in [1.165, 1.54) is 17.0 Å². The molecule has 0 radical (unpaired) electrons. The molecule has 2 unspecified atom stereocenters. The summed E-state index contributed by atoms with van der Waals surface area (Å²) in [5, 5.41) is 1.03. The Hall–Kier alpha value is -1.01. The highest BCUT2D eigenvalue weighted by atomic mass is 35.5. The predicted molar refractivity (Wildman–Crippen MR) is 92.7 cm³/mol. The van der Waals surface area contributed by atoms with Gasteiger partial charge in [-0.15, -0.1) is 0 Å². The van der Waals surface area contributed by atoms with Gasteiger partial charge in [0.15, 0.2) is 0 Å². The zero-order valence-electron chi connectivity index (χ0n) is 13.4. The van der Waals surface area contributed by atoms with E-state index in [0.29, 0.717) is 33.6 Å². The molecule has 1 aliphatic rings. The molecule has 1 heterocycles. The first-order valence-corrected chi connectivity index (χ1v) is 8.63. The molecule has 0 bridgehead atoms. The Labute approximate surface area is 155 Å². The highest BCUT2D eigenvalue weighted by Gasteiger charge is 2.40. The average molecular weight is 395 g/mol. The smallest absolute Gasteiger partial charge is 0.328 e. The van der Waals surface area contributed by atoms with E-state index in [4.69, 9.17) is 44.3 Å². The van der Waals surface area contributed by atoms with Crippen LogP contribution in [0, 0.1) is 0 Å². The van der Waals surface area contributed by atoms with Crippen LogP contribution in [0.15, 0.2) is 12.1 Å². The zero-order valence-corrected chi connectivity index (χ0v) is 15.6. The average Bonchev–Trinajstić information content (AvgIpc) is 2.95. The second-order valence-corrected chi connectivity index (χ2v) is 6.68. The number of carbonyl (C=O) groups is 2. The molecule has 1 aromatic rings. The number of hydrogen-bond acceptors (Lipinski definition) is 4. The third-order valence-electron chi connectivity index (χ3n) is 3.91. The second-order valence-electron chi connectivity index (χ2n) is 5.43. The van der Waals surface area contributed by atoms with E-state index in [1.54, 1.807) is 14.0 Å². The summed E-state index contributed by atoms with van der Waals surface area (Å²) in [6.07, 6.45) is 0.171. The molecule has 2 atom stereocenters. The molecule has 0 saturated carbocycles. The number of methoxy groups -OCH3 is 1. The molecular weight excluding hydrogens is 377 g/mol. The van der Waals surface area contributed by atoms with Gasteiger partial charge >= 0.3 is 5.97 Å². The van der Waals surface area contributed by atoms with Crippen LogP contribution in [-0.4, -0.2) is 49.2 Å². The van der Waals surface area contributed by atoms with Crippen molar-refractivity contribution in [2.75, 3.05) is 20.3 Å². The summed E-state index contributed by atoms with van der Waals surface area (Å²) in [6, 6.07) is 2.40. The van der Waals surface area contributed by atoms with Crippen LogP contribution in [0.25, 0.3) is 0 Å². The van der Waals surface area contributed by atoms with Crippen molar-refractivity contribution in [2.45, 2.75) is 31.9 Å². The van der Waals surface area contributed by atoms with Crippen LogP contribution < -0.4 is 0 Å². The van der Waals surface area contributed by atoms with Crippen LogP contribution in [0.2, 0.25) is 15.1 Å². The first-order chi connectivity index (χ1) is 11.4. The molecule has 0 aromatic heterocycles. The number of ether oxygens (including phenoxy) is 2. The van der Waals surface area contributed by atoms with E-state index in [2.05, 4.69) is 0 Å². The lowest BCUT2D eigenvalue weighted by atomic mass is 10.1. The van der Waals surface area contributed by atoms with Gasteiger partial charge in [-0.3, -0.25) is 4.79 Å². The summed E-state index contributed by atoms with van der Waals surface area (Å²) in [5.41, 5.74) is 0.483. The Morgan fingerprint density at radius 1 is 1.25 bits per heavy atom.